The number of hydrogen-bond donors (Lipinski definition) is 3. The maximum absolute atomic E-state index is 13.2. The van der Waals surface area contributed by atoms with Crippen LogP contribution in [-0.4, -0.2) is 51.1 Å². The van der Waals surface area contributed by atoms with Crippen molar-refractivity contribution in [2.45, 2.75) is 110 Å². The number of aliphatic hydroxyl groups excluding tert-OH is 3. The second-order valence-corrected chi connectivity index (χ2v) is 14.3. The van der Waals surface area contributed by atoms with E-state index >= 15 is 0 Å². The summed E-state index contributed by atoms with van der Waals surface area (Å²) in [5, 5.41) is 33.6. The summed E-state index contributed by atoms with van der Waals surface area (Å²) >= 11 is 0. The molecule has 6 nitrogen and oxygen atoms in total. The van der Waals surface area contributed by atoms with E-state index in [1.165, 1.54) is 5.56 Å². The Bertz CT molecular complexity index is 1080. The van der Waals surface area contributed by atoms with Gasteiger partial charge in [0.25, 0.3) is 0 Å². The maximum Gasteiger partial charge on any atom is 0.228 e. The van der Waals surface area contributed by atoms with Gasteiger partial charge in [0, 0.05) is 19.2 Å². The van der Waals surface area contributed by atoms with Crippen LogP contribution in [0, 0.1) is 53.3 Å². The minimum atomic E-state index is -0.382. The minimum Gasteiger partial charge on any atom is -0.393 e. The number of fused-ring (bicyclic) bond motifs is 6. The van der Waals surface area contributed by atoms with Crippen molar-refractivity contribution in [1.82, 2.24) is 4.98 Å². The standard InChI is InChI=1S/C32H48N2O4/c1-18-13-20-10-12-34(30(20)33-17-18)28(38)8-5-19(2)23-6-7-24-29-25(16-27(37)32(23,24)4)31(3)11-9-22(35)14-21(31)15-26(29)36/h13,17,19,21-27,29,35-37H,5-12,14-16H2,1-4H3/t19-,21+,22-,23-,24+,25+,26-,27+,29+,31+,32-/m1/s1. The third kappa shape index (κ3) is 3.99. The van der Waals surface area contributed by atoms with E-state index in [1.807, 2.05) is 18.0 Å². The van der Waals surface area contributed by atoms with Crippen molar-refractivity contribution in [2.75, 3.05) is 11.4 Å². The highest BCUT2D eigenvalue weighted by atomic mass is 16.3. The molecule has 1 aromatic rings. The summed E-state index contributed by atoms with van der Waals surface area (Å²) in [6.07, 6.45) is 9.39. The van der Waals surface area contributed by atoms with Crippen LogP contribution < -0.4 is 4.90 Å². The van der Waals surface area contributed by atoms with E-state index in [1.54, 1.807) is 0 Å². The van der Waals surface area contributed by atoms with Gasteiger partial charge in [0.1, 0.15) is 5.82 Å². The van der Waals surface area contributed by atoms with Gasteiger partial charge in [-0.3, -0.25) is 9.69 Å². The van der Waals surface area contributed by atoms with Crippen molar-refractivity contribution < 1.29 is 20.1 Å². The second kappa shape index (κ2) is 9.55. The number of carbonyl (C=O) groups is 1. The van der Waals surface area contributed by atoms with Gasteiger partial charge >= 0.3 is 0 Å². The molecule has 0 unspecified atom stereocenters. The van der Waals surface area contributed by atoms with E-state index < -0.39 is 0 Å². The van der Waals surface area contributed by atoms with E-state index in [-0.39, 0.29) is 41.0 Å². The van der Waals surface area contributed by atoms with Gasteiger partial charge in [-0.15, -0.1) is 0 Å². The highest BCUT2D eigenvalue weighted by Gasteiger charge is 2.65. The van der Waals surface area contributed by atoms with Gasteiger partial charge in [0.15, 0.2) is 0 Å². The zero-order chi connectivity index (χ0) is 27.0. The number of nitrogens with zero attached hydrogens (tertiary/aromatic N) is 2. The molecule has 1 amide bonds. The lowest BCUT2D eigenvalue weighted by Crippen LogP contribution is -2.62. The molecule has 6 heteroatoms. The summed E-state index contributed by atoms with van der Waals surface area (Å²) in [4.78, 5) is 19.7. The van der Waals surface area contributed by atoms with Gasteiger partial charge in [-0.25, -0.2) is 4.98 Å². The van der Waals surface area contributed by atoms with Gasteiger partial charge in [-0.05, 0) is 122 Å². The normalized spacial score (nSPS) is 44.7. The number of rotatable bonds is 4. The van der Waals surface area contributed by atoms with Crippen molar-refractivity contribution in [1.29, 1.82) is 0 Å². The Kier molecular flexibility index (Phi) is 6.72. The van der Waals surface area contributed by atoms with Crippen molar-refractivity contribution in [3.05, 3.63) is 23.4 Å². The van der Waals surface area contributed by atoms with Crippen molar-refractivity contribution in [3.63, 3.8) is 0 Å². The average molecular weight is 525 g/mol. The molecule has 11 atom stereocenters. The molecule has 3 N–H and O–H groups in total. The van der Waals surface area contributed by atoms with E-state index in [2.05, 4.69) is 31.8 Å². The molecule has 0 saturated heterocycles. The lowest BCUT2D eigenvalue weighted by Gasteiger charge is -2.63. The van der Waals surface area contributed by atoms with Crippen LogP contribution in [0.3, 0.4) is 0 Å². The highest BCUT2D eigenvalue weighted by Crippen LogP contribution is 2.68. The Balaban J connectivity index is 1.16. The molecule has 0 radical (unpaired) electrons. The zero-order valence-corrected chi connectivity index (χ0v) is 23.8. The molecule has 1 aliphatic heterocycles. The predicted molar refractivity (Wildman–Crippen MR) is 147 cm³/mol. The molecular formula is C32H48N2O4. The first-order valence-electron chi connectivity index (χ1n) is 15.3. The number of hydrogen-bond acceptors (Lipinski definition) is 5. The highest BCUT2D eigenvalue weighted by molar-refractivity contribution is 5.94. The van der Waals surface area contributed by atoms with Gasteiger partial charge in [-0.1, -0.05) is 26.8 Å². The first-order valence-corrected chi connectivity index (χ1v) is 15.3. The van der Waals surface area contributed by atoms with Crippen LogP contribution in [0.2, 0.25) is 0 Å². The largest absolute Gasteiger partial charge is 0.393 e. The summed E-state index contributed by atoms with van der Waals surface area (Å²) in [5.74, 6) is 2.90. The molecule has 4 saturated carbocycles. The number of pyridine rings is 1. The Morgan fingerprint density at radius 3 is 2.71 bits per heavy atom. The smallest absolute Gasteiger partial charge is 0.228 e. The summed E-state index contributed by atoms with van der Waals surface area (Å²) < 4.78 is 0. The van der Waals surface area contributed by atoms with Crippen molar-refractivity contribution in [2.24, 2.45) is 46.3 Å². The van der Waals surface area contributed by atoms with Gasteiger partial charge in [0.2, 0.25) is 5.91 Å². The average Bonchev–Trinajstić information content (AvgIpc) is 3.45. The topological polar surface area (TPSA) is 93.9 Å². The van der Waals surface area contributed by atoms with Crippen LogP contribution in [0.4, 0.5) is 5.82 Å². The van der Waals surface area contributed by atoms with Crippen LogP contribution in [0.5, 0.6) is 0 Å². The third-order valence-corrected chi connectivity index (χ3v) is 12.6. The van der Waals surface area contributed by atoms with E-state index in [0.29, 0.717) is 36.0 Å². The number of anilines is 1. The van der Waals surface area contributed by atoms with Crippen LogP contribution in [0.15, 0.2) is 12.3 Å². The molecule has 0 bridgehead atoms. The fourth-order valence-electron chi connectivity index (χ4n) is 10.4. The van der Waals surface area contributed by atoms with Crippen LogP contribution in [0.1, 0.15) is 89.7 Å². The molecule has 0 spiro atoms. The first-order chi connectivity index (χ1) is 18.0. The quantitative estimate of drug-likeness (QED) is 0.533. The van der Waals surface area contributed by atoms with Gasteiger partial charge in [-0.2, -0.15) is 0 Å². The van der Waals surface area contributed by atoms with Crippen molar-refractivity contribution in [3.8, 4) is 0 Å². The molecule has 2 heterocycles. The lowest BCUT2D eigenvalue weighted by atomic mass is 9.43. The fourth-order valence-corrected chi connectivity index (χ4v) is 10.4. The minimum absolute atomic E-state index is 0.0974. The molecule has 4 fully saturated rings. The van der Waals surface area contributed by atoms with E-state index in [9.17, 15) is 20.1 Å². The second-order valence-electron chi connectivity index (χ2n) is 14.3. The van der Waals surface area contributed by atoms with Crippen molar-refractivity contribution >= 4 is 11.7 Å². The lowest BCUT2D eigenvalue weighted by molar-refractivity contribution is -0.207. The first kappa shape index (κ1) is 26.7. The maximum atomic E-state index is 13.2. The number of aromatic nitrogens is 1. The fraction of sp³-hybridized carbons (Fsp3) is 0.812. The van der Waals surface area contributed by atoms with E-state index in [0.717, 1.165) is 75.7 Å². The van der Waals surface area contributed by atoms with Crippen LogP contribution in [0.25, 0.3) is 0 Å². The number of carbonyl (C=O) groups excluding carboxylic acids is 1. The Hall–Kier alpha value is -1.50. The molecule has 0 aromatic carbocycles. The van der Waals surface area contributed by atoms with Crippen LogP contribution >= 0.6 is 0 Å². The van der Waals surface area contributed by atoms with Gasteiger partial charge < -0.3 is 15.3 Å². The molecule has 1 aromatic heterocycles. The molecule has 4 aliphatic carbocycles. The molecule has 5 aliphatic rings. The SMILES string of the molecule is Cc1cnc2c(c1)CCN2C(=O)CC[C@@H](C)[C@H]1CC[C@H]2[C@@H]3[C@H](O)C[C@@H]4C[C@H](O)CC[C@]4(C)[C@H]3C[C@H](O)[C@]12C. The predicted octanol–water partition coefficient (Wildman–Crippen LogP) is 4.66. The number of amides is 1. The zero-order valence-electron chi connectivity index (χ0n) is 23.8. The Morgan fingerprint density at radius 1 is 1.13 bits per heavy atom. The summed E-state index contributed by atoms with van der Waals surface area (Å²) in [5.41, 5.74) is 2.19. The third-order valence-electron chi connectivity index (χ3n) is 12.6. The molecular weight excluding hydrogens is 476 g/mol. The van der Waals surface area contributed by atoms with Crippen LogP contribution in [-0.2, 0) is 11.2 Å². The van der Waals surface area contributed by atoms with E-state index in [4.69, 9.17) is 0 Å². The van der Waals surface area contributed by atoms with Gasteiger partial charge in [0.05, 0.1) is 18.3 Å². The summed E-state index contributed by atoms with van der Waals surface area (Å²) in [7, 11) is 0. The number of aliphatic hydroxyl groups is 3. The number of aryl methyl sites for hydroxylation is 1. The monoisotopic (exact) mass is 524 g/mol. The Morgan fingerprint density at radius 2 is 1.92 bits per heavy atom. The molecule has 38 heavy (non-hydrogen) atoms. The molecule has 210 valence electrons. The Labute approximate surface area is 228 Å². The summed E-state index contributed by atoms with van der Waals surface area (Å²) in [6.45, 7) is 9.72. The summed E-state index contributed by atoms with van der Waals surface area (Å²) in [6, 6.07) is 2.15. The molecule has 6 rings (SSSR count).